The molecule has 2 aromatic rings. The summed E-state index contributed by atoms with van der Waals surface area (Å²) in [6.45, 7) is 2.29. The summed E-state index contributed by atoms with van der Waals surface area (Å²) in [5.74, 6) is 1.41. The van der Waals surface area contributed by atoms with Crippen molar-refractivity contribution in [3.8, 4) is 17.2 Å². The fourth-order valence-electron chi connectivity index (χ4n) is 4.32. The molecule has 0 unspecified atom stereocenters. The summed E-state index contributed by atoms with van der Waals surface area (Å²) in [6.07, 6.45) is 12.2. The monoisotopic (exact) mass is 363 g/mol. The Labute approximate surface area is 163 Å². The van der Waals surface area contributed by atoms with E-state index in [1.165, 1.54) is 63.0 Å². The van der Waals surface area contributed by atoms with Crippen LogP contribution in [0, 0.1) is 29.0 Å². The molecule has 0 aromatic heterocycles. The van der Waals surface area contributed by atoms with Crippen LogP contribution < -0.4 is 0 Å². The van der Waals surface area contributed by atoms with Crippen molar-refractivity contribution in [3.63, 3.8) is 0 Å². The molecule has 142 valence electrons. The number of rotatable bonds is 7. The first-order valence-corrected chi connectivity index (χ1v) is 10.5. The highest BCUT2D eigenvalue weighted by molar-refractivity contribution is 5.64. The fraction of sp³-hybridized carbons (Fsp3) is 0.480. The third-order valence-electron chi connectivity index (χ3n) is 6.15. The first-order chi connectivity index (χ1) is 13.2. The summed E-state index contributed by atoms with van der Waals surface area (Å²) in [4.78, 5) is 0. The van der Waals surface area contributed by atoms with Crippen LogP contribution in [0.3, 0.4) is 0 Å². The van der Waals surface area contributed by atoms with Gasteiger partial charge in [0.25, 0.3) is 0 Å². The van der Waals surface area contributed by atoms with Crippen LogP contribution in [0.4, 0.5) is 4.39 Å². The number of nitrogens with zero attached hydrogens (tertiary/aromatic N) is 1. The summed E-state index contributed by atoms with van der Waals surface area (Å²) in [5.41, 5.74) is 3.28. The lowest BCUT2D eigenvalue weighted by molar-refractivity contribution is 0.250. The maximum Gasteiger partial charge on any atom is 0.141 e. The van der Waals surface area contributed by atoms with E-state index in [0.717, 1.165) is 29.4 Å². The average Bonchev–Trinajstić information content (AvgIpc) is 2.72. The van der Waals surface area contributed by atoms with Crippen LogP contribution in [0.25, 0.3) is 11.1 Å². The van der Waals surface area contributed by atoms with Crippen LogP contribution in [0.2, 0.25) is 0 Å². The molecule has 2 aromatic carbocycles. The summed E-state index contributed by atoms with van der Waals surface area (Å²) in [5, 5.41) is 8.85. The smallest absolute Gasteiger partial charge is 0.141 e. The van der Waals surface area contributed by atoms with Gasteiger partial charge in [-0.1, -0.05) is 82.2 Å². The van der Waals surface area contributed by atoms with Crippen LogP contribution in [0.15, 0.2) is 42.5 Å². The predicted molar refractivity (Wildman–Crippen MR) is 110 cm³/mol. The van der Waals surface area contributed by atoms with Crippen molar-refractivity contribution in [3.05, 3.63) is 59.4 Å². The number of halogens is 1. The minimum absolute atomic E-state index is 0.0970. The maximum atomic E-state index is 13.8. The molecule has 1 aliphatic carbocycles. The van der Waals surface area contributed by atoms with Crippen LogP contribution in [0.5, 0.6) is 0 Å². The average molecular weight is 364 g/mol. The Morgan fingerprint density at radius 1 is 0.926 bits per heavy atom. The van der Waals surface area contributed by atoms with Crippen molar-refractivity contribution in [2.75, 3.05) is 0 Å². The predicted octanol–water partition coefficient (Wildman–Crippen LogP) is 7.29. The molecule has 0 bridgehead atoms. The van der Waals surface area contributed by atoms with E-state index in [-0.39, 0.29) is 5.56 Å². The first kappa shape index (κ1) is 19.6. The molecule has 0 N–H and O–H groups in total. The number of unbranched alkanes of at least 4 members (excludes halogenated alkanes) is 1. The Balaban J connectivity index is 1.50. The summed E-state index contributed by atoms with van der Waals surface area (Å²) in [6, 6.07) is 15.1. The fourth-order valence-corrected chi connectivity index (χ4v) is 4.32. The van der Waals surface area contributed by atoms with E-state index in [1.807, 2.05) is 12.1 Å². The van der Waals surface area contributed by atoms with Gasteiger partial charge in [0.05, 0.1) is 5.56 Å². The van der Waals surface area contributed by atoms with E-state index < -0.39 is 5.82 Å². The van der Waals surface area contributed by atoms with E-state index in [2.05, 4.69) is 31.2 Å². The van der Waals surface area contributed by atoms with Crippen LogP contribution in [-0.4, -0.2) is 0 Å². The van der Waals surface area contributed by atoms with E-state index in [9.17, 15) is 4.39 Å². The van der Waals surface area contributed by atoms with E-state index in [0.29, 0.717) is 0 Å². The van der Waals surface area contributed by atoms with Gasteiger partial charge in [-0.25, -0.2) is 4.39 Å². The standard InChI is InChI=1S/C25H30FN/c1-2-3-4-19-5-7-20(8-6-19)9-10-21-11-13-22(14-12-21)23-15-16-24(18-27)25(26)17-23/h11-17,19-20H,2-10H2,1H3/t19-,20-. The van der Waals surface area contributed by atoms with Crippen LogP contribution in [0.1, 0.15) is 69.4 Å². The molecular weight excluding hydrogens is 333 g/mol. The second-order valence-corrected chi connectivity index (χ2v) is 8.07. The molecule has 0 heterocycles. The van der Waals surface area contributed by atoms with Gasteiger partial charge in [0.2, 0.25) is 0 Å². The highest BCUT2D eigenvalue weighted by atomic mass is 19.1. The van der Waals surface area contributed by atoms with Gasteiger partial charge < -0.3 is 0 Å². The van der Waals surface area contributed by atoms with E-state index >= 15 is 0 Å². The topological polar surface area (TPSA) is 23.8 Å². The molecule has 2 heteroatoms. The number of benzene rings is 2. The van der Waals surface area contributed by atoms with Gasteiger partial charge >= 0.3 is 0 Å². The van der Waals surface area contributed by atoms with Gasteiger partial charge in [-0.05, 0) is 53.5 Å². The molecule has 1 saturated carbocycles. The van der Waals surface area contributed by atoms with Crippen molar-refractivity contribution in [1.29, 1.82) is 5.26 Å². The van der Waals surface area contributed by atoms with Gasteiger partial charge in [0, 0.05) is 0 Å². The largest absolute Gasteiger partial charge is 0.206 e. The lowest BCUT2D eigenvalue weighted by Crippen LogP contribution is -2.15. The Morgan fingerprint density at radius 2 is 1.56 bits per heavy atom. The number of aryl methyl sites for hydroxylation is 1. The zero-order valence-electron chi connectivity index (χ0n) is 16.4. The third kappa shape index (κ3) is 5.42. The van der Waals surface area contributed by atoms with Crippen molar-refractivity contribution in [2.24, 2.45) is 11.8 Å². The maximum absolute atomic E-state index is 13.8. The minimum atomic E-state index is -0.450. The molecule has 1 aliphatic rings. The summed E-state index contributed by atoms with van der Waals surface area (Å²) < 4.78 is 13.8. The van der Waals surface area contributed by atoms with Gasteiger partial charge in [-0.3, -0.25) is 0 Å². The Morgan fingerprint density at radius 3 is 2.15 bits per heavy atom. The second kappa shape index (κ2) is 9.70. The molecule has 0 aliphatic heterocycles. The first-order valence-electron chi connectivity index (χ1n) is 10.5. The molecule has 27 heavy (non-hydrogen) atoms. The lowest BCUT2D eigenvalue weighted by Gasteiger charge is -2.28. The molecular formula is C25H30FN. The van der Waals surface area contributed by atoms with Crippen LogP contribution in [-0.2, 0) is 6.42 Å². The number of hydrogen-bond donors (Lipinski definition) is 0. The van der Waals surface area contributed by atoms with Crippen molar-refractivity contribution in [1.82, 2.24) is 0 Å². The van der Waals surface area contributed by atoms with Crippen molar-refractivity contribution < 1.29 is 4.39 Å². The lowest BCUT2D eigenvalue weighted by atomic mass is 9.78. The zero-order valence-corrected chi connectivity index (χ0v) is 16.4. The van der Waals surface area contributed by atoms with Gasteiger partial charge in [0.1, 0.15) is 11.9 Å². The molecule has 0 radical (unpaired) electrons. The van der Waals surface area contributed by atoms with Gasteiger partial charge in [-0.2, -0.15) is 5.26 Å². The van der Waals surface area contributed by atoms with E-state index in [4.69, 9.17) is 5.26 Å². The van der Waals surface area contributed by atoms with Gasteiger partial charge in [0.15, 0.2) is 0 Å². The van der Waals surface area contributed by atoms with Gasteiger partial charge in [-0.15, -0.1) is 0 Å². The third-order valence-corrected chi connectivity index (χ3v) is 6.15. The highest BCUT2D eigenvalue weighted by Gasteiger charge is 2.20. The zero-order chi connectivity index (χ0) is 19.1. The highest BCUT2D eigenvalue weighted by Crippen LogP contribution is 2.34. The molecule has 0 atom stereocenters. The Bertz CT molecular complexity index is 764. The molecule has 0 saturated heterocycles. The molecule has 3 rings (SSSR count). The quantitative estimate of drug-likeness (QED) is 0.506. The van der Waals surface area contributed by atoms with Crippen molar-refractivity contribution >= 4 is 0 Å². The molecule has 0 amide bonds. The SMILES string of the molecule is CCCC[C@H]1CC[C@H](CCc2ccc(-c3ccc(C#N)c(F)c3)cc2)CC1. The second-order valence-electron chi connectivity index (χ2n) is 8.07. The van der Waals surface area contributed by atoms with E-state index in [1.54, 1.807) is 6.07 Å². The molecule has 0 spiro atoms. The number of nitriles is 1. The Kier molecular flexibility index (Phi) is 7.04. The summed E-state index contributed by atoms with van der Waals surface area (Å²) in [7, 11) is 0. The summed E-state index contributed by atoms with van der Waals surface area (Å²) >= 11 is 0. The Hall–Kier alpha value is -2.14. The minimum Gasteiger partial charge on any atom is -0.206 e. The molecule has 1 nitrogen and oxygen atoms in total. The normalized spacial score (nSPS) is 19.6. The van der Waals surface area contributed by atoms with Crippen molar-refractivity contribution in [2.45, 2.75) is 64.7 Å². The molecule has 1 fully saturated rings. The number of hydrogen-bond acceptors (Lipinski definition) is 1. The van der Waals surface area contributed by atoms with Crippen LogP contribution >= 0.6 is 0 Å².